The van der Waals surface area contributed by atoms with Crippen LogP contribution in [0.3, 0.4) is 0 Å². The smallest absolute Gasteiger partial charge is 0.331 e. The number of fused-ring (bicyclic) bond motifs is 8. The van der Waals surface area contributed by atoms with Gasteiger partial charge in [0.2, 0.25) is 6.29 Å². The third-order valence-electron chi connectivity index (χ3n) is 13.3. The summed E-state index contributed by atoms with van der Waals surface area (Å²) in [5, 5.41) is 25.0. The van der Waals surface area contributed by atoms with Gasteiger partial charge in [0, 0.05) is 42.2 Å². The van der Waals surface area contributed by atoms with E-state index in [1.165, 1.54) is 6.92 Å². The van der Waals surface area contributed by atoms with Crippen molar-refractivity contribution in [1.82, 2.24) is 0 Å². The quantitative estimate of drug-likeness (QED) is 0.352. The Morgan fingerprint density at radius 2 is 1.95 bits per heavy atom. The van der Waals surface area contributed by atoms with E-state index in [2.05, 4.69) is 6.92 Å². The van der Waals surface area contributed by atoms with Gasteiger partial charge in [-0.2, -0.15) is 0 Å². The van der Waals surface area contributed by atoms with E-state index in [0.717, 1.165) is 37.7 Å². The SMILES string of the molecule is CC(=O)OC[C@]12C[C@H]3O[C@]4(O)[C@@H](O[C@H](C)C[C@@]45N=CCS5)O[C@@H]3C[C@@H]1CC[C@@H]1[C@@H]2CC[C@]2(C)[C@@H](C3=CC(=O)OC3)CC[C@]12O. The van der Waals surface area contributed by atoms with Crippen LogP contribution in [0.2, 0.25) is 0 Å². The molecule has 44 heavy (non-hydrogen) atoms. The van der Waals surface area contributed by atoms with Crippen molar-refractivity contribution < 1.29 is 43.5 Å². The summed E-state index contributed by atoms with van der Waals surface area (Å²) in [7, 11) is 0. The molecule has 10 nitrogen and oxygen atoms in total. The molecule has 4 aliphatic carbocycles. The first kappa shape index (κ1) is 29.9. The Balaban J connectivity index is 1.13. The minimum absolute atomic E-state index is 0.0220. The van der Waals surface area contributed by atoms with Gasteiger partial charge in [0.15, 0.2) is 4.87 Å². The lowest BCUT2D eigenvalue weighted by Crippen LogP contribution is -2.73. The molecule has 4 aliphatic heterocycles. The molecule has 242 valence electrons. The molecule has 8 aliphatic rings. The van der Waals surface area contributed by atoms with Crippen LogP contribution in [0.1, 0.15) is 78.6 Å². The molecule has 0 aromatic carbocycles. The summed E-state index contributed by atoms with van der Waals surface area (Å²) in [6, 6.07) is 0. The van der Waals surface area contributed by atoms with E-state index in [4.69, 9.17) is 28.7 Å². The second kappa shape index (κ2) is 10.0. The molecule has 0 aromatic heterocycles. The minimum atomic E-state index is -1.74. The number of carbonyl (C=O) groups is 2. The van der Waals surface area contributed by atoms with Gasteiger partial charge < -0.3 is 33.9 Å². The molecule has 13 atom stereocenters. The number of esters is 2. The van der Waals surface area contributed by atoms with Gasteiger partial charge >= 0.3 is 11.9 Å². The summed E-state index contributed by atoms with van der Waals surface area (Å²) in [5.74, 6) is -1.20. The molecule has 0 radical (unpaired) electrons. The van der Waals surface area contributed by atoms with Gasteiger partial charge in [-0.25, -0.2) is 4.79 Å². The van der Waals surface area contributed by atoms with E-state index in [-0.39, 0.29) is 59.8 Å². The lowest BCUT2D eigenvalue weighted by atomic mass is 9.42. The third kappa shape index (κ3) is 3.95. The normalized spacial score (nSPS) is 54.0. The number of aliphatic hydroxyl groups is 2. The van der Waals surface area contributed by atoms with Crippen LogP contribution in [-0.2, 0) is 33.3 Å². The fraction of sp³-hybridized carbons (Fsp3) is 0.848. The van der Waals surface area contributed by atoms with Gasteiger partial charge in [0.05, 0.1) is 30.5 Å². The van der Waals surface area contributed by atoms with Crippen molar-refractivity contribution in [3.05, 3.63) is 11.6 Å². The fourth-order valence-electron chi connectivity index (χ4n) is 11.4. The van der Waals surface area contributed by atoms with E-state index in [1.807, 2.05) is 13.1 Å². The van der Waals surface area contributed by atoms with Crippen molar-refractivity contribution in [2.45, 2.75) is 119 Å². The molecular formula is C33H45NO9S. The maximum atomic E-state index is 12.7. The Hall–Kier alpha value is -1.50. The fourth-order valence-corrected chi connectivity index (χ4v) is 12.6. The predicted molar refractivity (Wildman–Crippen MR) is 159 cm³/mol. The molecular weight excluding hydrogens is 586 g/mol. The van der Waals surface area contributed by atoms with E-state index < -0.39 is 34.1 Å². The first-order valence-electron chi connectivity index (χ1n) is 16.5. The number of carbonyl (C=O) groups excluding carboxylic acids is 2. The summed E-state index contributed by atoms with van der Waals surface area (Å²) in [5.41, 5.74) is -0.687. The number of ether oxygens (including phenoxy) is 5. The number of hydrogen-bond acceptors (Lipinski definition) is 11. The number of aliphatic imine (C=N–C) groups is 1. The number of hydrogen-bond donors (Lipinski definition) is 2. The first-order chi connectivity index (χ1) is 20.9. The van der Waals surface area contributed by atoms with Gasteiger partial charge in [-0.1, -0.05) is 6.92 Å². The Morgan fingerprint density at radius 1 is 1.11 bits per heavy atom. The van der Waals surface area contributed by atoms with Crippen LogP contribution in [0.5, 0.6) is 0 Å². The van der Waals surface area contributed by atoms with Crippen molar-refractivity contribution in [2.24, 2.45) is 39.5 Å². The number of nitrogens with zero attached hydrogens (tertiary/aromatic N) is 1. The molecule has 8 rings (SSSR count). The third-order valence-corrected chi connectivity index (χ3v) is 14.7. The summed E-state index contributed by atoms with van der Waals surface area (Å²) >= 11 is 1.57. The van der Waals surface area contributed by atoms with Gasteiger partial charge in [-0.3, -0.25) is 9.79 Å². The van der Waals surface area contributed by atoms with Gasteiger partial charge in [-0.15, -0.1) is 11.8 Å². The second-order valence-corrected chi connectivity index (χ2v) is 16.5. The zero-order chi connectivity index (χ0) is 30.7. The molecule has 0 bridgehead atoms. The number of cyclic esters (lactones) is 1. The average molecular weight is 632 g/mol. The van der Waals surface area contributed by atoms with Crippen molar-refractivity contribution in [3.63, 3.8) is 0 Å². The van der Waals surface area contributed by atoms with Crippen LogP contribution in [0.25, 0.3) is 0 Å². The Morgan fingerprint density at radius 3 is 2.68 bits per heavy atom. The predicted octanol–water partition coefficient (Wildman–Crippen LogP) is 3.52. The zero-order valence-electron chi connectivity index (χ0n) is 25.9. The Labute approximate surface area is 262 Å². The number of thioether (sulfide) groups is 1. The second-order valence-electron chi connectivity index (χ2n) is 15.2. The highest BCUT2D eigenvalue weighted by Crippen LogP contribution is 2.71. The minimum Gasteiger partial charge on any atom is -0.465 e. The molecule has 2 N–H and O–H groups in total. The van der Waals surface area contributed by atoms with Crippen molar-refractivity contribution in [3.8, 4) is 0 Å². The van der Waals surface area contributed by atoms with Gasteiger partial charge in [0.1, 0.15) is 6.61 Å². The molecule has 0 amide bonds. The highest BCUT2D eigenvalue weighted by molar-refractivity contribution is 8.01. The van der Waals surface area contributed by atoms with Crippen LogP contribution in [0, 0.1) is 34.5 Å². The van der Waals surface area contributed by atoms with Crippen molar-refractivity contribution in [2.75, 3.05) is 19.0 Å². The summed E-state index contributed by atoms with van der Waals surface area (Å²) < 4.78 is 30.7. The van der Waals surface area contributed by atoms with Crippen LogP contribution >= 0.6 is 11.8 Å². The summed E-state index contributed by atoms with van der Waals surface area (Å²) in [4.78, 5) is 28.1. The topological polar surface area (TPSA) is 133 Å². The lowest BCUT2D eigenvalue weighted by molar-refractivity contribution is -0.447. The van der Waals surface area contributed by atoms with E-state index in [1.54, 1.807) is 17.8 Å². The standard InChI is InChI=1S/C33H45NO9S/c1-18-14-32(34-10-11-44-32)33(38)28(41-18)42-25-13-21-4-5-24-23(30(21,15-26(25)43-33)17-40-19(2)35)6-8-29(3)22(7-9-31(24,29)37)20-12-27(36)39-16-20/h10,12,18,21-26,28,37-38H,4-9,11,13-17H2,1-3H3/t18-,21+,22-,23+,24-,25-,26-,28+,29-,30-,31+,32+,33-/m1/s1. The maximum absolute atomic E-state index is 12.7. The highest BCUT2D eigenvalue weighted by atomic mass is 32.2. The first-order valence-corrected chi connectivity index (χ1v) is 17.5. The monoisotopic (exact) mass is 631 g/mol. The maximum Gasteiger partial charge on any atom is 0.331 e. The van der Waals surface area contributed by atoms with Crippen molar-refractivity contribution >= 4 is 29.9 Å². The molecule has 6 fully saturated rings. The highest BCUT2D eigenvalue weighted by Gasteiger charge is 2.72. The average Bonchev–Trinajstić information content (AvgIpc) is 3.69. The zero-order valence-corrected chi connectivity index (χ0v) is 26.7. The molecule has 1 spiro atoms. The van der Waals surface area contributed by atoms with Gasteiger partial charge in [-0.05, 0) is 87.5 Å². The van der Waals surface area contributed by atoms with Gasteiger partial charge in [0.25, 0.3) is 5.79 Å². The van der Waals surface area contributed by atoms with Crippen LogP contribution < -0.4 is 0 Å². The molecule has 4 heterocycles. The Bertz CT molecular complexity index is 1310. The molecule has 2 saturated heterocycles. The van der Waals surface area contributed by atoms with Crippen LogP contribution in [0.15, 0.2) is 16.6 Å². The molecule has 4 saturated carbocycles. The van der Waals surface area contributed by atoms with E-state index >= 15 is 0 Å². The summed E-state index contributed by atoms with van der Waals surface area (Å²) in [6.07, 6.45) is 8.50. The molecule has 0 aromatic rings. The van der Waals surface area contributed by atoms with E-state index in [0.29, 0.717) is 38.0 Å². The van der Waals surface area contributed by atoms with E-state index in [9.17, 15) is 19.8 Å². The molecule has 0 unspecified atom stereocenters. The van der Waals surface area contributed by atoms with Crippen LogP contribution in [-0.4, -0.2) is 88.2 Å². The largest absolute Gasteiger partial charge is 0.465 e. The number of rotatable bonds is 3. The van der Waals surface area contributed by atoms with Crippen molar-refractivity contribution in [1.29, 1.82) is 0 Å². The molecule has 11 heteroatoms. The Kier molecular flexibility index (Phi) is 6.79. The lowest BCUT2D eigenvalue weighted by Gasteiger charge is -2.66. The summed E-state index contributed by atoms with van der Waals surface area (Å²) in [6.45, 7) is 6.23. The van der Waals surface area contributed by atoms with Crippen LogP contribution in [0.4, 0.5) is 0 Å².